The number of amides is 1. The second-order valence-electron chi connectivity index (χ2n) is 6.14. The molecule has 0 aliphatic carbocycles. The number of aromatic nitrogens is 2. The summed E-state index contributed by atoms with van der Waals surface area (Å²) >= 11 is 0. The summed E-state index contributed by atoms with van der Waals surface area (Å²) in [6, 6.07) is 13.2. The molecule has 3 aromatic rings. The van der Waals surface area contributed by atoms with E-state index in [4.69, 9.17) is 9.26 Å². The molecule has 1 amide bonds. The van der Waals surface area contributed by atoms with Crippen molar-refractivity contribution >= 4 is 11.6 Å². The largest absolute Gasteiger partial charge is 0.485 e. The zero-order valence-corrected chi connectivity index (χ0v) is 14.4. The number of fused-ring (bicyclic) bond motifs is 1. The molecule has 2 heterocycles. The van der Waals surface area contributed by atoms with Gasteiger partial charge in [0.05, 0.1) is 11.3 Å². The van der Waals surface area contributed by atoms with Gasteiger partial charge in [0.25, 0.3) is 5.91 Å². The zero-order valence-electron chi connectivity index (χ0n) is 14.4. The van der Waals surface area contributed by atoms with E-state index in [1.807, 2.05) is 49.4 Å². The van der Waals surface area contributed by atoms with Crippen LogP contribution in [0.3, 0.4) is 0 Å². The Balaban J connectivity index is 1.47. The molecule has 0 spiro atoms. The van der Waals surface area contributed by atoms with Crippen molar-refractivity contribution in [3.8, 4) is 5.75 Å². The molecule has 1 aliphatic heterocycles. The molecule has 26 heavy (non-hydrogen) atoms. The third-order valence-corrected chi connectivity index (χ3v) is 4.23. The first kappa shape index (κ1) is 16.1. The van der Waals surface area contributed by atoms with Crippen LogP contribution in [0.4, 0.5) is 5.69 Å². The van der Waals surface area contributed by atoms with Crippen LogP contribution in [0.25, 0.3) is 0 Å². The van der Waals surface area contributed by atoms with Crippen LogP contribution >= 0.6 is 0 Å². The summed E-state index contributed by atoms with van der Waals surface area (Å²) in [5.41, 5.74) is 3.51. The van der Waals surface area contributed by atoms with Gasteiger partial charge >= 0.3 is 0 Å². The lowest BCUT2D eigenvalue weighted by molar-refractivity contribution is 0.0935. The molecule has 2 aromatic carbocycles. The third-order valence-electron chi connectivity index (χ3n) is 4.23. The van der Waals surface area contributed by atoms with Crippen molar-refractivity contribution in [1.82, 2.24) is 15.5 Å². The van der Waals surface area contributed by atoms with Gasteiger partial charge < -0.3 is 19.9 Å². The van der Waals surface area contributed by atoms with Gasteiger partial charge in [-0.05, 0) is 36.2 Å². The van der Waals surface area contributed by atoms with E-state index in [1.165, 1.54) is 0 Å². The normalized spacial score (nSPS) is 15.8. The highest BCUT2D eigenvalue weighted by molar-refractivity contribution is 6.02. The molecule has 2 N–H and O–H groups in total. The number of ether oxygens (including phenoxy) is 1. The van der Waals surface area contributed by atoms with E-state index in [2.05, 4.69) is 20.8 Å². The van der Waals surface area contributed by atoms with Crippen molar-refractivity contribution in [1.29, 1.82) is 0 Å². The summed E-state index contributed by atoms with van der Waals surface area (Å²) in [7, 11) is 0. The summed E-state index contributed by atoms with van der Waals surface area (Å²) in [4.78, 5) is 16.4. The van der Waals surface area contributed by atoms with Crippen LogP contribution in [0.2, 0.25) is 0 Å². The van der Waals surface area contributed by atoms with Crippen molar-refractivity contribution in [3.05, 3.63) is 70.9 Å². The Kier molecular flexibility index (Phi) is 4.04. The van der Waals surface area contributed by atoms with E-state index in [1.54, 1.807) is 6.92 Å². The van der Waals surface area contributed by atoms with Gasteiger partial charge in [-0.2, -0.15) is 4.98 Å². The van der Waals surface area contributed by atoms with Gasteiger partial charge in [-0.3, -0.25) is 4.79 Å². The van der Waals surface area contributed by atoms with Gasteiger partial charge in [0.2, 0.25) is 11.7 Å². The smallest absolute Gasteiger partial charge is 0.255 e. The number of nitrogens with zero attached hydrogens (tertiary/aromatic N) is 2. The van der Waals surface area contributed by atoms with E-state index in [0.717, 1.165) is 16.8 Å². The average Bonchev–Trinajstić information content (AvgIpc) is 3.06. The second-order valence-corrected chi connectivity index (χ2v) is 6.14. The summed E-state index contributed by atoms with van der Waals surface area (Å²) in [5.74, 6) is 1.61. The Morgan fingerprint density at radius 3 is 2.65 bits per heavy atom. The number of nitrogens with one attached hydrogen (secondary N) is 2. The first-order valence-electron chi connectivity index (χ1n) is 8.29. The molecule has 0 fully saturated rings. The lowest BCUT2D eigenvalue weighted by atomic mass is 10.0. The van der Waals surface area contributed by atoms with E-state index >= 15 is 0 Å². The molecule has 132 valence electrons. The minimum atomic E-state index is -0.287. The van der Waals surface area contributed by atoms with Gasteiger partial charge in [-0.15, -0.1) is 0 Å². The molecular weight excluding hydrogens is 332 g/mol. The van der Waals surface area contributed by atoms with Crippen molar-refractivity contribution in [2.45, 2.75) is 26.6 Å². The van der Waals surface area contributed by atoms with Crippen LogP contribution in [0, 0.1) is 13.8 Å². The highest BCUT2D eigenvalue weighted by atomic mass is 16.5. The van der Waals surface area contributed by atoms with Gasteiger partial charge in [-0.25, -0.2) is 0 Å². The van der Waals surface area contributed by atoms with Gasteiger partial charge in [-0.1, -0.05) is 29.4 Å². The van der Waals surface area contributed by atoms with Crippen LogP contribution in [0.15, 0.2) is 47.0 Å². The highest BCUT2D eigenvalue weighted by Crippen LogP contribution is 2.30. The topological polar surface area (TPSA) is 89.3 Å². The number of hydrogen-bond acceptors (Lipinski definition) is 6. The number of hydrogen-bond donors (Lipinski definition) is 2. The number of benzene rings is 2. The van der Waals surface area contributed by atoms with Crippen LogP contribution in [-0.2, 0) is 6.61 Å². The molecule has 0 bridgehead atoms. The zero-order chi connectivity index (χ0) is 18.1. The molecular formula is C19H18N4O3. The molecule has 1 unspecified atom stereocenters. The Labute approximate surface area is 150 Å². The summed E-state index contributed by atoms with van der Waals surface area (Å²) in [5, 5.41) is 10.2. The predicted molar refractivity (Wildman–Crippen MR) is 94.8 cm³/mol. The molecule has 0 radical (unpaired) electrons. The number of rotatable bonds is 4. The van der Waals surface area contributed by atoms with Crippen LogP contribution in [0.5, 0.6) is 5.75 Å². The van der Waals surface area contributed by atoms with Gasteiger partial charge in [0.1, 0.15) is 11.9 Å². The number of para-hydroxylation sites is 1. The first-order chi connectivity index (χ1) is 12.6. The molecule has 0 saturated heterocycles. The average molecular weight is 350 g/mol. The summed E-state index contributed by atoms with van der Waals surface area (Å²) in [6.07, 6.45) is -0.287. The maximum atomic E-state index is 12.4. The fourth-order valence-electron chi connectivity index (χ4n) is 2.91. The quantitative estimate of drug-likeness (QED) is 0.751. The molecule has 1 aromatic heterocycles. The Morgan fingerprint density at radius 2 is 1.92 bits per heavy atom. The molecule has 7 heteroatoms. The molecule has 4 rings (SSSR count). The predicted octanol–water partition coefficient (Wildman–Crippen LogP) is 3.12. The monoisotopic (exact) mass is 350 g/mol. The lowest BCUT2D eigenvalue weighted by Crippen LogP contribution is -2.38. The fraction of sp³-hybridized carbons (Fsp3) is 0.211. The van der Waals surface area contributed by atoms with E-state index in [9.17, 15) is 4.79 Å². The van der Waals surface area contributed by atoms with Crippen molar-refractivity contribution in [2.24, 2.45) is 0 Å². The second kappa shape index (κ2) is 6.51. The molecule has 0 saturated carbocycles. The minimum Gasteiger partial charge on any atom is -0.485 e. The SMILES string of the molecule is Cc1nc(COc2ccc(C3NC(=O)c4cccc(C)c4N3)cc2)no1. The number of aryl methyl sites for hydroxylation is 2. The van der Waals surface area contributed by atoms with Gasteiger partial charge in [0.15, 0.2) is 6.61 Å². The summed E-state index contributed by atoms with van der Waals surface area (Å²) < 4.78 is 10.6. The van der Waals surface area contributed by atoms with Crippen molar-refractivity contribution in [3.63, 3.8) is 0 Å². The summed E-state index contributed by atoms with van der Waals surface area (Å²) in [6.45, 7) is 3.95. The maximum Gasteiger partial charge on any atom is 0.255 e. The number of carbonyl (C=O) groups is 1. The number of carbonyl (C=O) groups excluding carboxylic acids is 1. The third kappa shape index (κ3) is 3.11. The van der Waals surface area contributed by atoms with Crippen LogP contribution in [0.1, 0.15) is 39.4 Å². The van der Waals surface area contributed by atoms with Crippen LogP contribution in [-0.4, -0.2) is 16.0 Å². The van der Waals surface area contributed by atoms with E-state index in [0.29, 0.717) is 23.0 Å². The maximum absolute atomic E-state index is 12.4. The molecule has 7 nitrogen and oxygen atoms in total. The number of anilines is 1. The molecule has 1 atom stereocenters. The Hall–Kier alpha value is -3.35. The van der Waals surface area contributed by atoms with Crippen LogP contribution < -0.4 is 15.4 Å². The van der Waals surface area contributed by atoms with Gasteiger partial charge in [0, 0.05) is 6.92 Å². The first-order valence-corrected chi connectivity index (χ1v) is 8.29. The standard InChI is InChI=1S/C19H18N4O3/c1-11-4-3-5-15-17(11)21-18(22-19(15)24)13-6-8-14(9-7-13)25-10-16-20-12(2)26-23-16/h3-9,18,21H,10H2,1-2H3,(H,22,24). The van der Waals surface area contributed by atoms with E-state index in [-0.39, 0.29) is 18.7 Å². The minimum absolute atomic E-state index is 0.0831. The van der Waals surface area contributed by atoms with Crippen molar-refractivity contribution < 1.29 is 14.1 Å². The Morgan fingerprint density at radius 1 is 1.12 bits per heavy atom. The lowest BCUT2D eigenvalue weighted by Gasteiger charge is -2.29. The fourth-order valence-corrected chi connectivity index (χ4v) is 2.91. The van der Waals surface area contributed by atoms with Crippen molar-refractivity contribution in [2.75, 3.05) is 5.32 Å². The van der Waals surface area contributed by atoms with E-state index < -0.39 is 0 Å². The molecule has 1 aliphatic rings. The Bertz CT molecular complexity index is 950. The highest BCUT2D eigenvalue weighted by Gasteiger charge is 2.25.